The number of carbonyl (C=O) groups excluding carboxylic acids is 1. The highest BCUT2D eigenvalue weighted by Gasteiger charge is 2.50. The first kappa shape index (κ1) is 27.6. The first-order valence-electron chi connectivity index (χ1n) is 14.2. The maximum atomic E-state index is 13.8. The smallest absolute Gasteiger partial charge is 0.226 e. The van der Waals surface area contributed by atoms with Crippen molar-refractivity contribution >= 4 is 5.91 Å². The minimum atomic E-state index is -0.152. The van der Waals surface area contributed by atoms with Crippen molar-refractivity contribution in [1.29, 1.82) is 0 Å². The van der Waals surface area contributed by atoms with E-state index in [0.717, 1.165) is 45.6 Å². The Morgan fingerprint density at radius 1 is 0.719 bits per heavy atom. The number of piperidine rings is 2. The molecule has 32 heavy (non-hydrogen) atoms. The summed E-state index contributed by atoms with van der Waals surface area (Å²) in [5.74, 6) is 1.48. The van der Waals surface area contributed by atoms with Crippen LogP contribution in [0.3, 0.4) is 0 Å². The van der Waals surface area contributed by atoms with Gasteiger partial charge in [-0.1, -0.05) is 71.6 Å². The summed E-state index contributed by atoms with van der Waals surface area (Å²) in [5.41, 5.74) is -0.152. The Balaban J connectivity index is 1.79. The van der Waals surface area contributed by atoms with E-state index < -0.39 is 0 Å². The van der Waals surface area contributed by atoms with Crippen molar-refractivity contribution in [1.82, 2.24) is 15.1 Å². The van der Waals surface area contributed by atoms with Gasteiger partial charge in [-0.05, 0) is 90.6 Å². The Morgan fingerprint density at radius 3 is 1.53 bits per heavy atom. The van der Waals surface area contributed by atoms with E-state index in [1.165, 1.54) is 83.5 Å². The zero-order valence-electron chi connectivity index (χ0n) is 22.1. The van der Waals surface area contributed by atoms with Crippen LogP contribution >= 0.6 is 0 Å². The molecule has 0 saturated carbocycles. The number of nitrogens with zero attached hydrogens (tertiary/aromatic N) is 2. The molecule has 1 amide bonds. The van der Waals surface area contributed by atoms with Crippen LogP contribution in [0.15, 0.2) is 0 Å². The lowest BCUT2D eigenvalue weighted by molar-refractivity contribution is -0.143. The lowest BCUT2D eigenvalue weighted by Crippen LogP contribution is -2.55. The molecule has 0 bridgehead atoms. The van der Waals surface area contributed by atoms with Gasteiger partial charge in [0.25, 0.3) is 0 Å². The van der Waals surface area contributed by atoms with Crippen LogP contribution in [0.25, 0.3) is 0 Å². The summed E-state index contributed by atoms with van der Waals surface area (Å²) in [6, 6.07) is 0. The highest BCUT2D eigenvalue weighted by atomic mass is 16.2. The molecule has 0 unspecified atom stereocenters. The van der Waals surface area contributed by atoms with Crippen LogP contribution in [-0.2, 0) is 4.79 Å². The van der Waals surface area contributed by atoms with Crippen LogP contribution < -0.4 is 5.32 Å². The fourth-order valence-corrected chi connectivity index (χ4v) is 6.47. The monoisotopic (exact) mass is 449 g/mol. The van der Waals surface area contributed by atoms with Crippen molar-refractivity contribution in [2.24, 2.45) is 17.3 Å². The van der Waals surface area contributed by atoms with Crippen LogP contribution in [0.4, 0.5) is 0 Å². The van der Waals surface area contributed by atoms with Crippen LogP contribution in [0.2, 0.25) is 0 Å². The molecule has 0 atom stereocenters. The highest BCUT2D eigenvalue weighted by Crippen LogP contribution is 2.48. The van der Waals surface area contributed by atoms with E-state index in [1.807, 2.05) is 0 Å². The highest BCUT2D eigenvalue weighted by molar-refractivity contribution is 5.83. The van der Waals surface area contributed by atoms with Gasteiger partial charge in [0.2, 0.25) is 5.91 Å². The van der Waals surface area contributed by atoms with E-state index >= 15 is 0 Å². The molecule has 1 N–H and O–H groups in total. The Kier molecular flexibility index (Phi) is 13.2. The predicted molar refractivity (Wildman–Crippen MR) is 138 cm³/mol. The first-order valence-corrected chi connectivity index (χ1v) is 14.2. The second-order valence-corrected chi connectivity index (χ2v) is 11.0. The number of likely N-dealkylation sites (tertiary alicyclic amines) is 2. The molecule has 0 aliphatic carbocycles. The van der Waals surface area contributed by atoms with E-state index in [-0.39, 0.29) is 5.41 Å². The molecular weight excluding hydrogens is 394 g/mol. The topological polar surface area (TPSA) is 35.6 Å². The number of hydrogen-bond acceptors (Lipinski definition) is 3. The molecule has 2 saturated heterocycles. The van der Waals surface area contributed by atoms with Gasteiger partial charge in [-0.15, -0.1) is 0 Å². The zero-order chi connectivity index (χ0) is 23.2. The lowest BCUT2D eigenvalue weighted by Gasteiger charge is -2.49. The second-order valence-electron chi connectivity index (χ2n) is 11.0. The molecule has 0 aromatic rings. The molecular formula is C28H55N3O. The quantitative estimate of drug-likeness (QED) is 0.307. The van der Waals surface area contributed by atoms with Crippen LogP contribution in [0.5, 0.6) is 0 Å². The van der Waals surface area contributed by atoms with Crippen LogP contribution in [-0.4, -0.2) is 62.5 Å². The summed E-state index contributed by atoms with van der Waals surface area (Å²) in [5, 5.41) is 3.45. The van der Waals surface area contributed by atoms with E-state index in [9.17, 15) is 4.79 Å². The van der Waals surface area contributed by atoms with Gasteiger partial charge >= 0.3 is 0 Å². The van der Waals surface area contributed by atoms with E-state index in [2.05, 4.69) is 43.1 Å². The van der Waals surface area contributed by atoms with Gasteiger partial charge in [-0.2, -0.15) is 0 Å². The van der Waals surface area contributed by atoms with Crippen molar-refractivity contribution in [2.45, 2.75) is 110 Å². The average molecular weight is 450 g/mol. The summed E-state index contributed by atoms with van der Waals surface area (Å²) in [6.45, 7) is 10.0. The number of amides is 1. The van der Waals surface area contributed by atoms with Crippen LogP contribution in [0, 0.1) is 17.3 Å². The summed E-state index contributed by atoms with van der Waals surface area (Å²) < 4.78 is 0. The van der Waals surface area contributed by atoms with Crippen molar-refractivity contribution in [2.75, 3.05) is 46.8 Å². The molecule has 188 valence electrons. The molecule has 0 spiro atoms. The van der Waals surface area contributed by atoms with E-state index in [4.69, 9.17) is 0 Å². The number of nitrogens with one attached hydrogen (secondary N) is 1. The minimum absolute atomic E-state index is 0.152. The molecule has 0 radical (unpaired) electrons. The fourth-order valence-electron chi connectivity index (χ4n) is 6.47. The average Bonchev–Trinajstić information content (AvgIpc) is 2.80. The third-order valence-electron chi connectivity index (χ3n) is 8.72. The Bertz CT molecular complexity index is 471. The zero-order valence-corrected chi connectivity index (χ0v) is 22.1. The summed E-state index contributed by atoms with van der Waals surface area (Å²) >= 11 is 0. The lowest BCUT2D eigenvalue weighted by atomic mass is 9.59. The van der Waals surface area contributed by atoms with Crippen molar-refractivity contribution < 1.29 is 4.79 Å². The van der Waals surface area contributed by atoms with Gasteiger partial charge in [-0.25, -0.2) is 0 Å². The molecule has 2 aliphatic rings. The van der Waals surface area contributed by atoms with Crippen molar-refractivity contribution in [3.8, 4) is 0 Å². The Hall–Kier alpha value is -0.610. The Labute approximate surface area is 200 Å². The van der Waals surface area contributed by atoms with Gasteiger partial charge in [0.15, 0.2) is 0 Å². The molecule has 2 rings (SSSR count). The Morgan fingerprint density at radius 2 is 1.12 bits per heavy atom. The number of carbonyl (C=O) groups is 1. The van der Waals surface area contributed by atoms with Crippen molar-refractivity contribution in [3.05, 3.63) is 0 Å². The SMILES string of the molecule is CCCCCCCCCCCCNC(=O)C(CC)(C1CCN(C)CC1)C1CCN(C)CC1. The third kappa shape index (κ3) is 8.31. The molecule has 2 fully saturated rings. The maximum Gasteiger partial charge on any atom is 0.226 e. The van der Waals surface area contributed by atoms with E-state index in [1.54, 1.807) is 0 Å². The molecule has 0 aromatic carbocycles. The summed E-state index contributed by atoms with van der Waals surface area (Å²) in [7, 11) is 4.45. The van der Waals surface area contributed by atoms with Crippen molar-refractivity contribution in [3.63, 3.8) is 0 Å². The normalized spacial score (nSPS) is 20.0. The minimum Gasteiger partial charge on any atom is -0.356 e. The van der Waals surface area contributed by atoms with E-state index in [0.29, 0.717) is 17.7 Å². The predicted octanol–water partition coefficient (Wildman–Crippen LogP) is 6.10. The third-order valence-corrected chi connectivity index (χ3v) is 8.72. The molecule has 2 heterocycles. The standard InChI is InChI=1S/C28H55N3O/c1-5-7-8-9-10-11-12-13-14-15-20-29-27(32)28(6-2,25-16-21-30(3)22-17-25)26-18-23-31(4)24-19-26/h25-26H,5-24H2,1-4H3,(H,29,32). The maximum absolute atomic E-state index is 13.8. The fraction of sp³-hybridized carbons (Fsp3) is 0.964. The first-order chi connectivity index (χ1) is 15.5. The van der Waals surface area contributed by atoms with Gasteiger partial charge in [0, 0.05) is 6.54 Å². The summed E-state index contributed by atoms with van der Waals surface area (Å²) in [6.07, 6.45) is 19.2. The molecule has 4 nitrogen and oxygen atoms in total. The number of unbranched alkanes of at least 4 members (excludes halogenated alkanes) is 9. The van der Waals surface area contributed by atoms with Gasteiger partial charge in [0.1, 0.15) is 0 Å². The largest absolute Gasteiger partial charge is 0.356 e. The molecule has 0 aromatic heterocycles. The number of rotatable bonds is 15. The van der Waals surface area contributed by atoms with Gasteiger partial charge in [-0.3, -0.25) is 4.79 Å². The summed E-state index contributed by atoms with van der Waals surface area (Å²) in [4.78, 5) is 18.7. The molecule has 4 heteroatoms. The molecule has 2 aliphatic heterocycles. The van der Waals surface area contributed by atoms with Gasteiger partial charge in [0.05, 0.1) is 5.41 Å². The van der Waals surface area contributed by atoms with Crippen LogP contribution in [0.1, 0.15) is 110 Å². The van der Waals surface area contributed by atoms with Gasteiger partial charge < -0.3 is 15.1 Å². The second kappa shape index (κ2) is 15.3. The number of hydrogen-bond donors (Lipinski definition) is 1.